The third-order valence-corrected chi connectivity index (χ3v) is 12.1. The van der Waals surface area contributed by atoms with Crippen molar-refractivity contribution in [1.29, 1.82) is 0 Å². The normalized spacial score (nSPS) is 17.1. The van der Waals surface area contributed by atoms with Crippen LogP contribution in [0.15, 0.2) is 50.6 Å². The molecule has 8 atom stereocenters. The summed E-state index contributed by atoms with van der Waals surface area (Å²) in [5.41, 5.74) is -11.6. The van der Waals surface area contributed by atoms with Gasteiger partial charge in [-0.25, -0.2) is 19.2 Å². The van der Waals surface area contributed by atoms with Crippen molar-refractivity contribution in [3.8, 4) is 0 Å². The first-order chi connectivity index (χ1) is 35.8. The fourth-order valence-corrected chi connectivity index (χ4v) is 8.34. The minimum atomic E-state index is -2.91. The first kappa shape index (κ1) is 86.7. The average molecular weight is 1210 g/mol. The van der Waals surface area contributed by atoms with Crippen LogP contribution in [0.4, 0.5) is 0 Å². The molecule has 8 unspecified atom stereocenters. The van der Waals surface area contributed by atoms with Crippen molar-refractivity contribution in [3.63, 3.8) is 0 Å². The fourth-order valence-electron chi connectivity index (χ4n) is 8.34. The van der Waals surface area contributed by atoms with Crippen molar-refractivity contribution in [2.24, 2.45) is 21.7 Å². The van der Waals surface area contributed by atoms with Gasteiger partial charge in [0.1, 0.15) is 24.4 Å². The Morgan fingerprint density at radius 3 is 0.543 bits per heavy atom. The van der Waals surface area contributed by atoms with Gasteiger partial charge in [-0.3, -0.25) is 0 Å². The molecule has 0 saturated carbocycles. The Bertz CT molecular complexity index is 1660. The minimum Gasteiger partial charge on any atom is -0.479 e. The van der Waals surface area contributed by atoms with Gasteiger partial charge >= 0.3 is 23.9 Å². The molecule has 0 radical (unpaired) electrons. The summed E-state index contributed by atoms with van der Waals surface area (Å²) in [5.74, 6) is -17.8. The quantitative estimate of drug-likeness (QED) is 0.0260. The van der Waals surface area contributed by atoms with Gasteiger partial charge in [-0.1, -0.05) is 135 Å². The molecule has 0 aliphatic rings. The standard InChI is InChI=1S/4C14H26O6.Ti/c4*1-6-8-20-13(11(16)17,9-12(3,4)5)14(18,19)10(15)7-2;/h4*6,10,15,18-19H,1,7-9H2,2-5H3,(H,16,17);. The molecule has 0 aromatic heterocycles. The number of rotatable bonds is 32. The summed E-state index contributed by atoms with van der Waals surface area (Å²) in [5, 5.41) is 159. The van der Waals surface area contributed by atoms with E-state index in [9.17, 15) is 101 Å². The van der Waals surface area contributed by atoms with Gasteiger partial charge in [0, 0.05) is 21.7 Å². The molecule has 0 fully saturated rings. The van der Waals surface area contributed by atoms with Gasteiger partial charge in [-0.2, -0.15) is 0 Å². The predicted molar refractivity (Wildman–Crippen MR) is 296 cm³/mol. The van der Waals surface area contributed by atoms with E-state index in [-0.39, 0.29) is 99.5 Å². The number of carbonyl (C=O) groups is 4. The SMILES string of the molecule is C=CCOC(CC(C)(C)C)(C(=O)O)C(O)(O)C(O)CC.C=CCOC(CC(C)(C)C)(C(=O)O)C(O)(O)C(O)CC.C=CCOC(CC(C)(C)C)(C(=O)O)C(O)(O)C(O)CC.C=CCOC(CC(C)(C)C)(C(=O)O)C(O)(O)C(O)CC.[Ti]. The van der Waals surface area contributed by atoms with Crippen molar-refractivity contribution in [2.45, 2.75) is 232 Å². The third-order valence-electron chi connectivity index (χ3n) is 12.1. The molecule has 0 aliphatic heterocycles. The van der Waals surface area contributed by atoms with Crippen LogP contribution in [-0.2, 0) is 59.8 Å². The largest absolute Gasteiger partial charge is 0.479 e. The van der Waals surface area contributed by atoms with Gasteiger partial charge < -0.3 is 101 Å². The number of carboxylic acids is 4. The van der Waals surface area contributed by atoms with Crippen LogP contribution in [0, 0.1) is 21.7 Å². The Labute approximate surface area is 494 Å². The maximum Gasteiger partial charge on any atom is 0.341 e. The van der Waals surface area contributed by atoms with Gasteiger partial charge in [-0.05, 0) is 73.0 Å². The number of hydrogen-bond donors (Lipinski definition) is 16. The van der Waals surface area contributed by atoms with E-state index in [1.54, 1.807) is 83.1 Å². The molecule has 0 bridgehead atoms. The molecule has 0 heterocycles. The van der Waals surface area contributed by atoms with E-state index in [2.05, 4.69) is 26.3 Å². The van der Waals surface area contributed by atoms with E-state index in [0.29, 0.717) is 0 Å². The summed E-state index contributed by atoms with van der Waals surface area (Å²) < 4.78 is 20.9. The molecule has 0 saturated heterocycles. The molecule has 476 valence electrons. The Kier molecular flexibility index (Phi) is 37.2. The summed E-state index contributed by atoms with van der Waals surface area (Å²) in [6.07, 6.45) is -2.18. The molecule has 0 rings (SSSR count). The summed E-state index contributed by atoms with van der Waals surface area (Å²) in [4.78, 5) is 46.7. The fraction of sp³-hybridized carbons (Fsp3) is 0.786. The first-order valence-electron chi connectivity index (χ1n) is 26.2. The van der Waals surface area contributed by atoms with Crippen LogP contribution in [0.3, 0.4) is 0 Å². The number of aliphatic hydroxyl groups is 12. The zero-order valence-corrected chi connectivity index (χ0v) is 52.4. The summed E-state index contributed by atoms with van der Waals surface area (Å²) >= 11 is 0. The van der Waals surface area contributed by atoms with E-state index >= 15 is 0 Å². The molecule has 0 aromatic carbocycles. The van der Waals surface area contributed by atoms with Gasteiger partial charge in [-0.15, -0.1) is 26.3 Å². The van der Waals surface area contributed by atoms with Crippen LogP contribution < -0.4 is 0 Å². The molecule has 0 amide bonds. The van der Waals surface area contributed by atoms with Crippen LogP contribution >= 0.6 is 0 Å². The maximum atomic E-state index is 11.7. The Morgan fingerprint density at radius 1 is 0.346 bits per heavy atom. The molecule has 0 aliphatic carbocycles. The van der Waals surface area contributed by atoms with Crippen molar-refractivity contribution in [2.75, 3.05) is 26.4 Å². The molecular weight excluding hydrogens is 1100 g/mol. The number of carboxylic acid groups (broad SMARTS) is 4. The molecule has 0 aromatic rings. The summed E-state index contributed by atoms with van der Waals surface area (Å²) in [7, 11) is 0. The zero-order chi connectivity index (χ0) is 64.8. The van der Waals surface area contributed by atoms with Crippen LogP contribution in [0.5, 0.6) is 0 Å². The Morgan fingerprint density at radius 2 is 0.469 bits per heavy atom. The van der Waals surface area contributed by atoms with Gasteiger partial charge in [0.15, 0.2) is 0 Å². The zero-order valence-electron chi connectivity index (χ0n) is 50.9. The second kappa shape index (κ2) is 34.8. The van der Waals surface area contributed by atoms with E-state index in [1.807, 2.05) is 0 Å². The summed E-state index contributed by atoms with van der Waals surface area (Å²) in [6.45, 7) is 40.0. The molecule has 16 N–H and O–H groups in total. The van der Waals surface area contributed by atoms with Crippen molar-refractivity contribution < 1.29 is 142 Å². The van der Waals surface area contributed by atoms with E-state index in [1.165, 1.54) is 52.0 Å². The number of ether oxygens (including phenoxy) is 4. The minimum absolute atomic E-state index is 0. The van der Waals surface area contributed by atoms with Crippen LogP contribution in [-0.4, -0.2) is 202 Å². The topological polar surface area (TPSA) is 429 Å². The molecule has 0 spiro atoms. The molecular formula is C56H104O24Ti. The number of aliphatic carboxylic acids is 4. The monoisotopic (exact) mass is 1210 g/mol. The van der Waals surface area contributed by atoms with Crippen molar-refractivity contribution >= 4 is 23.9 Å². The maximum absolute atomic E-state index is 11.7. The summed E-state index contributed by atoms with van der Waals surface area (Å²) in [6, 6.07) is 0. The van der Waals surface area contributed by atoms with Crippen LogP contribution in [0.1, 0.15) is 162 Å². The molecule has 24 nitrogen and oxygen atoms in total. The second-order valence-electron chi connectivity index (χ2n) is 24.5. The average Bonchev–Trinajstić information content (AvgIpc) is 3.31. The Balaban J connectivity index is -0.000000316. The van der Waals surface area contributed by atoms with E-state index in [4.69, 9.17) is 18.9 Å². The van der Waals surface area contributed by atoms with Crippen LogP contribution in [0.2, 0.25) is 0 Å². The number of hydrogen-bond acceptors (Lipinski definition) is 20. The Hall–Kier alpha value is -3.09. The third kappa shape index (κ3) is 24.4. The van der Waals surface area contributed by atoms with Gasteiger partial charge in [0.05, 0.1) is 26.4 Å². The molecule has 81 heavy (non-hydrogen) atoms. The second-order valence-corrected chi connectivity index (χ2v) is 24.5. The predicted octanol–water partition coefficient (Wildman–Crippen LogP) is 3.60. The smallest absolute Gasteiger partial charge is 0.341 e. The first-order valence-corrected chi connectivity index (χ1v) is 26.2. The van der Waals surface area contributed by atoms with Gasteiger partial charge in [0.25, 0.3) is 0 Å². The molecule has 25 heteroatoms. The van der Waals surface area contributed by atoms with E-state index < -0.39 is 116 Å². The van der Waals surface area contributed by atoms with E-state index in [0.717, 1.165) is 0 Å². The van der Waals surface area contributed by atoms with Crippen molar-refractivity contribution in [3.05, 3.63) is 50.6 Å². The van der Waals surface area contributed by atoms with Crippen LogP contribution in [0.25, 0.3) is 0 Å². The van der Waals surface area contributed by atoms with Crippen molar-refractivity contribution in [1.82, 2.24) is 0 Å². The number of aliphatic hydroxyl groups excluding tert-OH is 4. The van der Waals surface area contributed by atoms with Gasteiger partial charge in [0.2, 0.25) is 45.6 Å².